The molecule has 3 heterocycles. The molecule has 1 aliphatic heterocycles. The number of hydrogen-bond acceptors (Lipinski definition) is 3. The molecular weight excluding hydrogens is 252 g/mol. The Morgan fingerprint density at radius 1 is 1.20 bits per heavy atom. The number of nitrogens with one attached hydrogen (secondary N) is 1. The number of aromatic amines is 1. The van der Waals surface area contributed by atoms with Crippen LogP contribution in [0.1, 0.15) is 24.0 Å². The van der Waals surface area contributed by atoms with Crippen molar-refractivity contribution in [2.75, 3.05) is 13.2 Å². The minimum absolute atomic E-state index is 0.245. The van der Waals surface area contributed by atoms with Crippen molar-refractivity contribution in [1.29, 1.82) is 0 Å². The lowest BCUT2D eigenvalue weighted by molar-refractivity contribution is 0.0254. The van der Waals surface area contributed by atoms with E-state index >= 15 is 0 Å². The maximum absolute atomic E-state index is 5.95. The van der Waals surface area contributed by atoms with Gasteiger partial charge in [0.25, 0.3) is 0 Å². The zero-order chi connectivity index (χ0) is 13.6. The molecule has 4 heteroatoms. The predicted molar refractivity (Wildman–Crippen MR) is 78.4 cm³/mol. The van der Waals surface area contributed by atoms with Gasteiger partial charge < -0.3 is 14.5 Å². The number of aromatic nitrogens is 2. The predicted octanol–water partition coefficient (Wildman–Crippen LogP) is 3.14. The van der Waals surface area contributed by atoms with Gasteiger partial charge in [-0.05, 0) is 23.3 Å². The van der Waals surface area contributed by atoms with Crippen molar-refractivity contribution in [2.24, 2.45) is 0 Å². The van der Waals surface area contributed by atoms with Crippen molar-refractivity contribution in [3.8, 4) is 5.75 Å². The molecule has 0 spiro atoms. The van der Waals surface area contributed by atoms with Gasteiger partial charge in [-0.1, -0.05) is 12.2 Å². The first-order chi connectivity index (χ1) is 9.90. The molecule has 0 atom stereocenters. The Kier molecular flexibility index (Phi) is 4.13. The molecule has 0 aliphatic carbocycles. The van der Waals surface area contributed by atoms with Gasteiger partial charge in [-0.2, -0.15) is 0 Å². The van der Waals surface area contributed by atoms with Crippen LogP contribution in [0.3, 0.4) is 0 Å². The Balaban J connectivity index is 1.66. The zero-order valence-electron chi connectivity index (χ0n) is 11.3. The van der Waals surface area contributed by atoms with Crippen LogP contribution in [-0.4, -0.2) is 29.3 Å². The smallest absolute Gasteiger partial charge is 0.138 e. The van der Waals surface area contributed by atoms with Gasteiger partial charge in [0.1, 0.15) is 11.9 Å². The van der Waals surface area contributed by atoms with E-state index < -0.39 is 0 Å². The fraction of sp³-hybridized carbons (Fsp3) is 0.312. The van der Waals surface area contributed by atoms with Crippen LogP contribution in [0.25, 0.3) is 12.2 Å². The summed E-state index contributed by atoms with van der Waals surface area (Å²) in [4.78, 5) is 7.26. The summed E-state index contributed by atoms with van der Waals surface area (Å²) < 4.78 is 11.3. The molecule has 4 nitrogen and oxygen atoms in total. The summed E-state index contributed by atoms with van der Waals surface area (Å²) >= 11 is 0. The van der Waals surface area contributed by atoms with Gasteiger partial charge >= 0.3 is 0 Å². The van der Waals surface area contributed by atoms with E-state index in [-0.39, 0.29) is 6.10 Å². The van der Waals surface area contributed by atoms with E-state index in [1.807, 2.05) is 42.9 Å². The number of rotatable bonds is 4. The van der Waals surface area contributed by atoms with Crippen molar-refractivity contribution in [3.63, 3.8) is 0 Å². The normalized spacial score (nSPS) is 16.6. The highest BCUT2D eigenvalue weighted by molar-refractivity contribution is 5.69. The Bertz CT molecular complexity index is 558. The van der Waals surface area contributed by atoms with Crippen LogP contribution in [0.2, 0.25) is 0 Å². The quantitative estimate of drug-likeness (QED) is 0.928. The molecular formula is C16H18N2O2. The van der Waals surface area contributed by atoms with Gasteiger partial charge in [0.05, 0.1) is 19.4 Å². The average molecular weight is 270 g/mol. The summed E-state index contributed by atoms with van der Waals surface area (Å²) in [6.07, 6.45) is 13.7. The molecule has 3 rings (SSSR count). The number of nitrogens with zero attached hydrogens (tertiary/aromatic N) is 1. The van der Waals surface area contributed by atoms with Crippen molar-refractivity contribution in [1.82, 2.24) is 9.97 Å². The number of ether oxygens (including phenoxy) is 2. The highest BCUT2D eigenvalue weighted by Crippen LogP contribution is 2.19. The maximum atomic E-state index is 5.95. The standard InChI is InChI=1S/C16H18N2O2/c1(13-3-6-17-10-13)2-14-9-16(12-18-11-14)20-15-4-7-19-8-5-15/h1-3,6,9-12,15,17H,4-5,7-8H2/b2-1+. The third kappa shape index (κ3) is 3.48. The largest absolute Gasteiger partial charge is 0.489 e. The van der Waals surface area contributed by atoms with Crippen molar-refractivity contribution in [3.05, 3.63) is 48.0 Å². The molecule has 0 saturated carbocycles. The Morgan fingerprint density at radius 3 is 2.85 bits per heavy atom. The SMILES string of the molecule is C(=C\c1cncc(OC2CCOCC2)c1)/c1cc[nH]c1. The molecule has 0 amide bonds. The first-order valence-corrected chi connectivity index (χ1v) is 6.90. The summed E-state index contributed by atoms with van der Waals surface area (Å²) in [7, 11) is 0. The molecule has 1 saturated heterocycles. The molecule has 2 aromatic rings. The molecule has 1 N–H and O–H groups in total. The summed E-state index contributed by atoms with van der Waals surface area (Å²) in [6.45, 7) is 1.57. The average Bonchev–Trinajstić information content (AvgIpc) is 3.00. The fourth-order valence-corrected chi connectivity index (χ4v) is 2.21. The zero-order valence-corrected chi connectivity index (χ0v) is 11.3. The maximum Gasteiger partial charge on any atom is 0.138 e. The molecule has 0 unspecified atom stereocenters. The van der Waals surface area contributed by atoms with Crippen LogP contribution in [0.15, 0.2) is 36.9 Å². The van der Waals surface area contributed by atoms with E-state index in [2.05, 4.69) is 9.97 Å². The third-order valence-electron chi connectivity index (χ3n) is 3.30. The topological polar surface area (TPSA) is 47.1 Å². The van der Waals surface area contributed by atoms with E-state index in [0.29, 0.717) is 0 Å². The molecule has 0 aromatic carbocycles. The molecule has 1 fully saturated rings. The molecule has 2 aromatic heterocycles. The summed E-state index contributed by atoms with van der Waals surface area (Å²) in [5.41, 5.74) is 2.18. The molecule has 20 heavy (non-hydrogen) atoms. The van der Waals surface area contributed by atoms with Gasteiger partial charge in [-0.25, -0.2) is 0 Å². The first-order valence-electron chi connectivity index (χ1n) is 6.90. The van der Waals surface area contributed by atoms with Crippen LogP contribution >= 0.6 is 0 Å². The minimum Gasteiger partial charge on any atom is -0.489 e. The van der Waals surface area contributed by atoms with Gasteiger partial charge in [0.2, 0.25) is 0 Å². The summed E-state index contributed by atoms with van der Waals surface area (Å²) in [5.74, 6) is 0.827. The second kappa shape index (κ2) is 6.39. The van der Waals surface area contributed by atoms with Crippen LogP contribution in [0, 0.1) is 0 Å². The Hall–Kier alpha value is -2.07. The van der Waals surface area contributed by atoms with Crippen LogP contribution in [0.5, 0.6) is 5.75 Å². The van der Waals surface area contributed by atoms with Crippen LogP contribution in [-0.2, 0) is 4.74 Å². The van der Waals surface area contributed by atoms with E-state index in [9.17, 15) is 0 Å². The molecule has 1 aliphatic rings. The van der Waals surface area contributed by atoms with Gasteiger partial charge in [0.15, 0.2) is 0 Å². The van der Waals surface area contributed by atoms with Crippen molar-refractivity contribution >= 4 is 12.2 Å². The second-order valence-electron chi connectivity index (χ2n) is 4.86. The Labute approximate surface area is 118 Å². The number of pyridine rings is 1. The highest BCUT2D eigenvalue weighted by Gasteiger charge is 2.15. The lowest BCUT2D eigenvalue weighted by Gasteiger charge is -2.23. The fourth-order valence-electron chi connectivity index (χ4n) is 2.21. The van der Waals surface area contributed by atoms with Crippen LogP contribution in [0.4, 0.5) is 0 Å². The Morgan fingerprint density at radius 2 is 2.05 bits per heavy atom. The van der Waals surface area contributed by atoms with E-state index in [1.165, 1.54) is 0 Å². The van der Waals surface area contributed by atoms with Crippen molar-refractivity contribution < 1.29 is 9.47 Å². The van der Waals surface area contributed by atoms with Crippen LogP contribution < -0.4 is 4.74 Å². The molecule has 0 radical (unpaired) electrons. The molecule has 104 valence electrons. The third-order valence-corrected chi connectivity index (χ3v) is 3.30. The van der Waals surface area contributed by atoms with Gasteiger partial charge in [-0.3, -0.25) is 4.98 Å². The second-order valence-corrected chi connectivity index (χ2v) is 4.86. The number of H-pyrrole nitrogens is 1. The van der Waals surface area contributed by atoms with E-state index in [1.54, 1.807) is 6.20 Å². The van der Waals surface area contributed by atoms with E-state index in [4.69, 9.17) is 9.47 Å². The highest BCUT2D eigenvalue weighted by atomic mass is 16.5. The molecule has 0 bridgehead atoms. The minimum atomic E-state index is 0.245. The monoisotopic (exact) mass is 270 g/mol. The summed E-state index contributed by atoms with van der Waals surface area (Å²) in [6, 6.07) is 4.04. The van der Waals surface area contributed by atoms with Gasteiger partial charge in [0, 0.05) is 31.4 Å². The lowest BCUT2D eigenvalue weighted by Crippen LogP contribution is -2.25. The summed E-state index contributed by atoms with van der Waals surface area (Å²) in [5, 5.41) is 0. The lowest BCUT2D eigenvalue weighted by atomic mass is 10.1. The van der Waals surface area contributed by atoms with Crippen molar-refractivity contribution in [2.45, 2.75) is 18.9 Å². The number of hydrogen-bond donors (Lipinski definition) is 1. The van der Waals surface area contributed by atoms with E-state index in [0.717, 1.165) is 42.9 Å². The van der Waals surface area contributed by atoms with Gasteiger partial charge in [-0.15, -0.1) is 0 Å². The first kappa shape index (κ1) is 12.9.